The fourth-order valence-corrected chi connectivity index (χ4v) is 2.27. The molecule has 0 aliphatic rings. The van der Waals surface area contributed by atoms with Crippen molar-refractivity contribution in [2.75, 3.05) is 7.05 Å². The average Bonchev–Trinajstić information content (AvgIpc) is 2.76. The van der Waals surface area contributed by atoms with Gasteiger partial charge in [-0.1, -0.05) is 31.2 Å². The van der Waals surface area contributed by atoms with E-state index in [0.29, 0.717) is 6.04 Å². The van der Waals surface area contributed by atoms with Gasteiger partial charge < -0.3 is 9.88 Å². The summed E-state index contributed by atoms with van der Waals surface area (Å²) >= 11 is 0. The minimum Gasteiger partial charge on any atom is -0.333 e. The molecule has 0 saturated carbocycles. The third-order valence-corrected chi connectivity index (χ3v) is 3.86. The normalized spacial score (nSPS) is 12.6. The van der Waals surface area contributed by atoms with Crippen LogP contribution in [0.5, 0.6) is 0 Å². The summed E-state index contributed by atoms with van der Waals surface area (Å²) < 4.78 is 2.21. The van der Waals surface area contributed by atoms with E-state index in [-0.39, 0.29) is 0 Å². The molecule has 2 aromatic rings. The summed E-state index contributed by atoms with van der Waals surface area (Å²) in [5.41, 5.74) is 5.06. The number of aryl methyl sites for hydroxylation is 2. The van der Waals surface area contributed by atoms with Crippen LogP contribution >= 0.6 is 0 Å². The number of hydrogen-bond donors (Lipinski definition) is 1. The first-order valence-electron chi connectivity index (χ1n) is 6.90. The molecule has 0 bridgehead atoms. The molecular weight excluding hydrogens is 234 g/mol. The van der Waals surface area contributed by atoms with Gasteiger partial charge in [-0.25, -0.2) is 4.98 Å². The highest BCUT2D eigenvalue weighted by Gasteiger charge is 2.12. The number of aromatic nitrogens is 2. The standard InChI is InChI=1S/C16H23N3/c1-5-14-6-8-15(9-7-14)16(17-4)10-19-11-18-12(2)13(19)3/h6-9,11,16-17H,5,10H2,1-4H3. The fourth-order valence-electron chi connectivity index (χ4n) is 2.27. The van der Waals surface area contributed by atoms with Gasteiger partial charge in [0.1, 0.15) is 0 Å². The second-order valence-electron chi connectivity index (χ2n) is 5.00. The lowest BCUT2D eigenvalue weighted by atomic mass is 10.0. The zero-order valence-electron chi connectivity index (χ0n) is 12.3. The minimum absolute atomic E-state index is 0.318. The van der Waals surface area contributed by atoms with Gasteiger partial charge in [0.25, 0.3) is 0 Å². The fraction of sp³-hybridized carbons (Fsp3) is 0.438. The molecular formula is C16H23N3. The molecule has 0 saturated heterocycles. The van der Waals surface area contributed by atoms with E-state index in [4.69, 9.17) is 0 Å². The SMILES string of the molecule is CCc1ccc(C(Cn2cnc(C)c2C)NC)cc1. The van der Waals surface area contributed by atoms with Gasteiger partial charge in [0.05, 0.1) is 12.0 Å². The van der Waals surface area contributed by atoms with Crippen LogP contribution in [0.4, 0.5) is 0 Å². The summed E-state index contributed by atoms with van der Waals surface area (Å²) in [6.07, 6.45) is 3.01. The molecule has 1 heterocycles. The van der Waals surface area contributed by atoms with Crippen LogP contribution in [0.25, 0.3) is 0 Å². The molecule has 0 spiro atoms. The molecule has 1 aromatic heterocycles. The maximum atomic E-state index is 4.36. The maximum Gasteiger partial charge on any atom is 0.0952 e. The Hall–Kier alpha value is -1.61. The van der Waals surface area contributed by atoms with Crippen molar-refractivity contribution >= 4 is 0 Å². The lowest BCUT2D eigenvalue weighted by Gasteiger charge is -2.18. The lowest BCUT2D eigenvalue weighted by molar-refractivity contribution is 0.494. The molecule has 0 radical (unpaired) electrons. The van der Waals surface area contributed by atoms with Gasteiger partial charge in [-0.3, -0.25) is 0 Å². The summed E-state index contributed by atoms with van der Waals surface area (Å²) in [6, 6.07) is 9.19. The van der Waals surface area contributed by atoms with Gasteiger partial charge in [-0.2, -0.15) is 0 Å². The van der Waals surface area contributed by atoms with Crippen LogP contribution in [0.15, 0.2) is 30.6 Å². The molecule has 0 aliphatic carbocycles. The second kappa shape index (κ2) is 6.02. The molecule has 1 aromatic carbocycles. The van der Waals surface area contributed by atoms with Gasteiger partial charge in [0, 0.05) is 18.3 Å². The smallest absolute Gasteiger partial charge is 0.0952 e. The zero-order chi connectivity index (χ0) is 13.8. The predicted molar refractivity (Wildman–Crippen MR) is 79.3 cm³/mol. The maximum absolute atomic E-state index is 4.36. The molecule has 19 heavy (non-hydrogen) atoms. The molecule has 2 rings (SSSR count). The van der Waals surface area contributed by atoms with Gasteiger partial charge in [0.2, 0.25) is 0 Å². The monoisotopic (exact) mass is 257 g/mol. The number of nitrogens with zero attached hydrogens (tertiary/aromatic N) is 2. The summed E-state index contributed by atoms with van der Waals surface area (Å²) in [5, 5.41) is 3.39. The Morgan fingerprint density at radius 2 is 1.89 bits per heavy atom. The Kier molecular flexibility index (Phi) is 4.38. The number of likely N-dealkylation sites (N-methyl/N-ethyl adjacent to an activating group) is 1. The van der Waals surface area contributed by atoms with Crippen LogP contribution in [0, 0.1) is 13.8 Å². The van der Waals surface area contributed by atoms with Crippen LogP contribution in [0.1, 0.15) is 35.5 Å². The number of imidazole rings is 1. The van der Waals surface area contributed by atoms with Crippen molar-refractivity contribution in [2.45, 2.75) is 39.8 Å². The van der Waals surface area contributed by atoms with Crippen molar-refractivity contribution in [2.24, 2.45) is 0 Å². The average molecular weight is 257 g/mol. The van der Waals surface area contributed by atoms with E-state index in [1.807, 2.05) is 13.4 Å². The van der Waals surface area contributed by atoms with E-state index < -0.39 is 0 Å². The van der Waals surface area contributed by atoms with Crippen molar-refractivity contribution in [3.63, 3.8) is 0 Å². The molecule has 1 N–H and O–H groups in total. The zero-order valence-corrected chi connectivity index (χ0v) is 12.3. The van der Waals surface area contributed by atoms with Crippen molar-refractivity contribution in [3.8, 4) is 0 Å². The van der Waals surface area contributed by atoms with Gasteiger partial charge in [-0.05, 0) is 38.4 Å². The summed E-state index contributed by atoms with van der Waals surface area (Å²) in [7, 11) is 2.01. The van der Waals surface area contributed by atoms with Crippen LogP contribution in [-0.2, 0) is 13.0 Å². The van der Waals surface area contributed by atoms with Gasteiger partial charge in [0.15, 0.2) is 0 Å². The molecule has 1 atom stereocenters. The Morgan fingerprint density at radius 3 is 2.37 bits per heavy atom. The lowest BCUT2D eigenvalue weighted by Crippen LogP contribution is -2.22. The van der Waals surface area contributed by atoms with Crippen molar-refractivity contribution in [1.29, 1.82) is 0 Å². The van der Waals surface area contributed by atoms with E-state index in [1.165, 1.54) is 16.8 Å². The van der Waals surface area contributed by atoms with Crippen molar-refractivity contribution < 1.29 is 0 Å². The first kappa shape index (κ1) is 13.8. The van der Waals surface area contributed by atoms with E-state index in [1.54, 1.807) is 0 Å². The van der Waals surface area contributed by atoms with E-state index in [2.05, 4.69) is 59.9 Å². The first-order chi connectivity index (χ1) is 9.15. The number of benzene rings is 1. The Bertz CT molecular complexity index is 525. The Balaban J connectivity index is 2.17. The number of nitrogens with one attached hydrogen (secondary N) is 1. The van der Waals surface area contributed by atoms with Crippen molar-refractivity contribution in [1.82, 2.24) is 14.9 Å². The highest BCUT2D eigenvalue weighted by Crippen LogP contribution is 2.17. The van der Waals surface area contributed by atoms with Gasteiger partial charge >= 0.3 is 0 Å². The third kappa shape index (κ3) is 3.04. The molecule has 3 nitrogen and oxygen atoms in total. The Labute approximate surface area is 115 Å². The predicted octanol–water partition coefficient (Wildman–Crippen LogP) is 3.02. The second-order valence-corrected chi connectivity index (χ2v) is 5.00. The number of hydrogen-bond acceptors (Lipinski definition) is 2. The summed E-state index contributed by atoms with van der Waals surface area (Å²) in [5.74, 6) is 0. The topological polar surface area (TPSA) is 29.9 Å². The van der Waals surface area contributed by atoms with Crippen LogP contribution in [-0.4, -0.2) is 16.6 Å². The van der Waals surface area contributed by atoms with E-state index >= 15 is 0 Å². The highest BCUT2D eigenvalue weighted by atomic mass is 15.1. The third-order valence-electron chi connectivity index (χ3n) is 3.86. The number of rotatable bonds is 5. The first-order valence-corrected chi connectivity index (χ1v) is 6.90. The van der Waals surface area contributed by atoms with Crippen LogP contribution in [0.2, 0.25) is 0 Å². The molecule has 0 fully saturated rings. The molecule has 3 heteroatoms. The van der Waals surface area contributed by atoms with E-state index in [0.717, 1.165) is 18.7 Å². The Morgan fingerprint density at radius 1 is 1.21 bits per heavy atom. The highest BCUT2D eigenvalue weighted by molar-refractivity contribution is 5.25. The molecule has 0 amide bonds. The van der Waals surface area contributed by atoms with E-state index in [9.17, 15) is 0 Å². The van der Waals surface area contributed by atoms with Gasteiger partial charge in [-0.15, -0.1) is 0 Å². The largest absolute Gasteiger partial charge is 0.333 e. The van der Waals surface area contributed by atoms with Crippen LogP contribution in [0.3, 0.4) is 0 Å². The molecule has 102 valence electrons. The molecule has 0 aliphatic heterocycles. The molecule has 1 unspecified atom stereocenters. The minimum atomic E-state index is 0.318. The van der Waals surface area contributed by atoms with Crippen LogP contribution < -0.4 is 5.32 Å². The quantitative estimate of drug-likeness (QED) is 0.892. The summed E-state index contributed by atoms with van der Waals surface area (Å²) in [4.78, 5) is 4.36. The van der Waals surface area contributed by atoms with Crippen molar-refractivity contribution in [3.05, 3.63) is 53.1 Å². The summed E-state index contributed by atoms with van der Waals surface area (Å²) in [6.45, 7) is 7.27.